The number of benzene rings is 1. The van der Waals surface area contributed by atoms with E-state index in [-0.39, 0.29) is 6.10 Å². The van der Waals surface area contributed by atoms with E-state index in [1.807, 2.05) is 0 Å². The topological polar surface area (TPSA) is 21.3 Å². The number of hydrogen-bond donors (Lipinski definition) is 1. The third-order valence-corrected chi connectivity index (χ3v) is 3.20. The summed E-state index contributed by atoms with van der Waals surface area (Å²) >= 11 is 2.32. The number of methoxy groups -OCH3 is 1. The minimum Gasteiger partial charge on any atom is -0.380 e. The van der Waals surface area contributed by atoms with Crippen molar-refractivity contribution < 1.29 is 4.74 Å². The number of halogens is 1. The van der Waals surface area contributed by atoms with E-state index in [1.165, 1.54) is 9.13 Å². The van der Waals surface area contributed by atoms with Crippen molar-refractivity contribution in [3.8, 4) is 0 Å². The molecule has 1 rings (SSSR count). The Kier molecular flexibility index (Phi) is 5.56. The molecule has 0 aliphatic carbocycles. The monoisotopic (exact) mass is 319 g/mol. The first-order chi connectivity index (χ1) is 7.13. The third-order valence-electron chi connectivity index (χ3n) is 2.48. The third kappa shape index (κ3) is 4.49. The van der Waals surface area contributed by atoms with E-state index in [2.05, 4.69) is 66.0 Å². The van der Waals surface area contributed by atoms with E-state index in [0.29, 0.717) is 6.04 Å². The molecule has 0 amide bonds. The molecule has 0 saturated heterocycles. The van der Waals surface area contributed by atoms with E-state index in [4.69, 9.17) is 4.74 Å². The first kappa shape index (κ1) is 12.9. The Morgan fingerprint density at radius 1 is 1.27 bits per heavy atom. The van der Waals surface area contributed by atoms with E-state index in [1.54, 1.807) is 7.11 Å². The highest BCUT2D eigenvalue weighted by Gasteiger charge is 2.06. The molecule has 2 atom stereocenters. The van der Waals surface area contributed by atoms with Gasteiger partial charge >= 0.3 is 0 Å². The zero-order valence-electron chi connectivity index (χ0n) is 9.46. The molecule has 0 saturated carbocycles. The summed E-state index contributed by atoms with van der Waals surface area (Å²) in [6.07, 6.45) is 0.260. The molecular weight excluding hydrogens is 301 g/mol. The molecule has 0 bridgehead atoms. The normalized spacial score (nSPS) is 14.9. The predicted octanol–water partition coefficient (Wildman–Crippen LogP) is 2.98. The second-order valence-electron chi connectivity index (χ2n) is 3.73. The van der Waals surface area contributed by atoms with Gasteiger partial charge < -0.3 is 10.1 Å². The number of nitrogens with one attached hydrogen (secondary N) is 1. The first-order valence-corrected chi connectivity index (χ1v) is 6.23. The molecule has 0 fully saturated rings. The fraction of sp³-hybridized carbons (Fsp3) is 0.500. The van der Waals surface area contributed by atoms with Gasteiger partial charge in [0.15, 0.2) is 0 Å². The van der Waals surface area contributed by atoms with Crippen molar-refractivity contribution in [2.24, 2.45) is 0 Å². The number of hydrogen-bond acceptors (Lipinski definition) is 2. The maximum atomic E-state index is 5.19. The van der Waals surface area contributed by atoms with Crippen LogP contribution in [0.4, 0.5) is 0 Å². The Bertz CT molecular complexity index is 286. The van der Waals surface area contributed by atoms with Crippen LogP contribution in [0.2, 0.25) is 0 Å². The quantitative estimate of drug-likeness (QED) is 0.843. The van der Waals surface area contributed by atoms with E-state index < -0.39 is 0 Å². The van der Waals surface area contributed by atoms with Crippen molar-refractivity contribution in [2.45, 2.75) is 26.0 Å². The number of rotatable bonds is 5. The Balaban J connectivity index is 2.46. The lowest BCUT2D eigenvalue weighted by Crippen LogP contribution is -2.28. The Morgan fingerprint density at radius 2 is 1.87 bits per heavy atom. The predicted molar refractivity (Wildman–Crippen MR) is 72.0 cm³/mol. The van der Waals surface area contributed by atoms with Gasteiger partial charge in [-0.05, 0) is 54.1 Å². The van der Waals surface area contributed by atoms with E-state index >= 15 is 0 Å². The average Bonchev–Trinajstić information content (AvgIpc) is 2.26. The summed E-state index contributed by atoms with van der Waals surface area (Å²) in [5, 5.41) is 3.44. The molecule has 1 aromatic carbocycles. The summed E-state index contributed by atoms with van der Waals surface area (Å²) in [6, 6.07) is 8.97. The van der Waals surface area contributed by atoms with Crippen LogP contribution in [0.5, 0.6) is 0 Å². The molecule has 1 aromatic rings. The summed E-state index contributed by atoms with van der Waals surface area (Å²) in [5.74, 6) is 0. The molecule has 0 radical (unpaired) electrons. The van der Waals surface area contributed by atoms with Gasteiger partial charge in [-0.1, -0.05) is 12.1 Å². The zero-order valence-corrected chi connectivity index (χ0v) is 11.6. The fourth-order valence-electron chi connectivity index (χ4n) is 1.30. The van der Waals surface area contributed by atoms with Crippen LogP contribution >= 0.6 is 22.6 Å². The summed E-state index contributed by atoms with van der Waals surface area (Å²) in [6.45, 7) is 5.11. The van der Waals surface area contributed by atoms with Crippen molar-refractivity contribution >= 4 is 22.6 Å². The minimum absolute atomic E-state index is 0.260. The van der Waals surface area contributed by atoms with Gasteiger partial charge in [0.1, 0.15) is 0 Å². The highest BCUT2D eigenvalue weighted by Crippen LogP contribution is 2.14. The van der Waals surface area contributed by atoms with E-state index in [9.17, 15) is 0 Å². The molecule has 1 N–H and O–H groups in total. The van der Waals surface area contributed by atoms with Crippen LogP contribution in [0.15, 0.2) is 24.3 Å². The molecule has 0 aliphatic heterocycles. The second-order valence-corrected chi connectivity index (χ2v) is 4.97. The molecule has 2 unspecified atom stereocenters. The molecule has 0 aliphatic rings. The second kappa shape index (κ2) is 6.45. The van der Waals surface area contributed by atoms with Crippen LogP contribution in [0, 0.1) is 3.57 Å². The molecule has 0 aromatic heterocycles. The molecule has 0 heterocycles. The van der Waals surface area contributed by atoms with Gasteiger partial charge in [0, 0.05) is 23.3 Å². The molecule has 3 heteroatoms. The first-order valence-electron chi connectivity index (χ1n) is 5.15. The zero-order chi connectivity index (χ0) is 11.3. The van der Waals surface area contributed by atoms with Gasteiger partial charge in [-0.25, -0.2) is 0 Å². The smallest absolute Gasteiger partial charge is 0.0667 e. The van der Waals surface area contributed by atoms with Crippen LogP contribution in [0.1, 0.15) is 25.5 Å². The van der Waals surface area contributed by atoms with Crippen LogP contribution in [0.3, 0.4) is 0 Å². The highest BCUT2D eigenvalue weighted by molar-refractivity contribution is 14.1. The van der Waals surface area contributed by atoms with Crippen molar-refractivity contribution in [2.75, 3.05) is 13.7 Å². The van der Waals surface area contributed by atoms with Gasteiger partial charge in [0.25, 0.3) is 0 Å². The van der Waals surface area contributed by atoms with Crippen molar-refractivity contribution in [1.82, 2.24) is 5.32 Å². The van der Waals surface area contributed by atoms with Crippen LogP contribution in [-0.4, -0.2) is 19.8 Å². The Labute approximate surface area is 106 Å². The minimum atomic E-state index is 0.260. The van der Waals surface area contributed by atoms with Crippen molar-refractivity contribution in [3.05, 3.63) is 33.4 Å². The Morgan fingerprint density at radius 3 is 2.40 bits per heavy atom. The maximum absolute atomic E-state index is 5.19. The largest absolute Gasteiger partial charge is 0.380 e. The lowest BCUT2D eigenvalue weighted by atomic mass is 10.1. The van der Waals surface area contributed by atoms with Gasteiger partial charge in [-0.15, -0.1) is 0 Å². The summed E-state index contributed by atoms with van der Waals surface area (Å²) in [5.41, 5.74) is 1.32. The van der Waals surface area contributed by atoms with Crippen LogP contribution in [-0.2, 0) is 4.74 Å². The lowest BCUT2D eigenvalue weighted by Gasteiger charge is -2.17. The van der Waals surface area contributed by atoms with Gasteiger partial charge in [-0.2, -0.15) is 0 Å². The van der Waals surface area contributed by atoms with Crippen LogP contribution in [0.25, 0.3) is 0 Å². The van der Waals surface area contributed by atoms with E-state index in [0.717, 1.165) is 6.54 Å². The molecular formula is C12H18INO. The van der Waals surface area contributed by atoms with Gasteiger partial charge in [0.2, 0.25) is 0 Å². The van der Waals surface area contributed by atoms with Crippen LogP contribution < -0.4 is 5.32 Å². The maximum Gasteiger partial charge on any atom is 0.0667 e. The molecule has 0 spiro atoms. The molecule has 15 heavy (non-hydrogen) atoms. The number of ether oxygens (including phenoxy) is 1. The lowest BCUT2D eigenvalue weighted by molar-refractivity contribution is 0.115. The van der Waals surface area contributed by atoms with Crippen molar-refractivity contribution in [1.29, 1.82) is 0 Å². The highest BCUT2D eigenvalue weighted by atomic mass is 127. The SMILES string of the molecule is COC(C)CNC(C)c1ccc(I)cc1. The molecule has 2 nitrogen and oxygen atoms in total. The summed E-state index contributed by atoms with van der Waals surface area (Å²) < 4.78 is 6.46. The van der Waals surface area contributed by atoms with Gasteiger partial charge in [0.05, 0.1) is 6.10 Å². The molecule has 84 valence electrons. The Hall–Kier alpha value is -0.130. The van der Waals surface area contributed by atoms with Crippen molar-refractivity contribution in [3.63, 3.8) is 0 Å². The summed E-state index contributed by atoms with van der Waals surface area (Å²) in [7, 11) is 1.74. The standard InChI is InChI=1S/C12H18INO/c1-9(15-3)8-14-10(2)11-4-6-12(13)7-5-11/h4-7,9-10,14H,8H2,1-3H3. The van der Waals surface area contributed by atoms with Gasteiger partial charge in [-0.3, -0.25) is 0 Å². The summed E-state index contributed by atoms with van der Waals surface area (Å²) in [4.78, 5) is 0. The average molecular weight is 319 g/mol. The fourth-order valence-corrected chi connectivity index (χ4v) is 1.65.